The topological polar surface area (TPSA) is 110 Å². The Bertz CT molecular complexity index is 968. The molecule has 8 heteroatoms. The molecule has 0 heterocycles. The van der Waals surface area contributed by atoms with E-state index in [0.29, 0.717) is 34.6 Å². The minimum Gasteiger partial charge on any atom is -0.496 e. The van der Waals surface area contributed by atoms with Gasteiger partial charge in [0.1, 0.15) is 29.0 Å². The molecule has 0 aromatic heterocycles. The molecule has 1 aliphatic rings. The van der Waals surface area contributed by atoms with Crippen LogP contribution in [0.4, 0.5) is 0 Å². The third-order valence-electron chi connectivity index (χ3n) is 4.51. The molecule has 8 nitrogen and oxygen atoms in total. The van der Waals surface area contributed by atoms with E-state index in [9.17, 15) is 15.2 Å². The Balaban J connectivity index is 2.81. The lowest BCUT2D eigenvalue weighted by molar-refractivity contribution is -0.144. The SMILES string of the molecule is C=C(C)C(=O)OC(CC=C(C)C)c1cc(OC)c2c(c1OC)/C(=N/O)C=C/C2=N\O. The van der Waals surface area contributed by atoms with Crippen LogP contribution in [0.15, 0.2) is 52.3 Å². The highest BCUT2D eigenvalue weighted by Gasteiger charge is 2.32. The molecule has 0 aliphatic heterocycles. The van der Waals surface area contributed by atoms with Crippen molar-refractivity contribution in [1.82, 2.24) is 0 Å². The number of carbonyl (C=O) groups excluding carboxylic acids is 1. The number of nitrogens with zero attached hydrogens (tertiary/aromatic N) is 2. The molecule has 0 spiro atoms. The van der Waals surface area contributed by atoms with Crippen LogP contribution < -0.4 is 9.47 Å². The fourth-order valence-electron chi connectivity index (χ4n) is 3.08. The molecule has 0 bridgehead atoms. The Labute approximate surface area is 175 Å². The van der Waals surface area contributed by atoms with E-state index in [2.05, 4.69) is 16.9 Å². The van der Waals surface area contributed by atoms with Gasteiger partial charge in [-0.15, -0.1) is 0 Å². The molecule has 1 aromatic carbocycles. The lowest BCUT2D eigenvalue weighted by atomic mass is 9.88. The van der Waals surface area contributed by atoms with Crippen LogP contribution in [0.25, 0.3) is 0 Å². The molecular weight excluding hydrogens is 388 g/mol. The van der Waals surface area contributed by atoms with Crippen molar-refractivity contribution in [2.75, 3.05) is 14.2 Å². The summed E-state index contributed by atoms with van der Waals surface area (Å²) in [5.74, 6) is 0.105. The van der Waals surface area contributed by atoms with Crippen molar-refractivity contribution in [2.24, 2.45) is 10.3 Å². The van der Waals surface area contributed by atoms with Gasteiger partial charge in [0.15, 0.2) is 0 Å². The molecule has 1 aliphatic carbocycles. The van der Waals surface area contributed by atoms with Crippen LogP contribution in [0.1, 0.15) is 50.0 Å². The summed E-state index contributed by atoms with van der Waals surface area (Å²) in [5.41, 5.74) is 2.96. The minimum absolute atomic E-state index is 0.182. The summed E-state index contributed by atoms with van der Waals surface area (Å²) in [6.45, 7) is 9.08. The Morgan fingerprint density at radius 2 is 1.70 bits per heavy atom. The van der Waals surface area contributed by atoms with Gasteiger partial charge in [-0.1, -0.05) is 28.5 Å². The second-order valence-corrected chi connectivity index (χ2v) is 6.95. The number of benzene rings is 1. The summed E-state index contributed by atoms with van der Waals surface area (Å²) >= 11 is 0. The second-order valence-electron chi connectivity index (χ2n) is 6.95. The number of carbonyl (C=O) groups is 1. The molecule has 0 amide bonds. The van der Waals surface area contributed by atoms with Crippen molar-refractivity contribution in [3.63, 3.8) is 0 Å². The molecule has 0 saturated heterocycles. The van der Waals surface area contributed by atoms with Crippen molar-refractivity contribution in [3.05, 3.63) is 58.7 Å². The first-order valence-corrected chi connectivity index (χ1v) is 9.20. The normalized spacial score (nSPS) is 16.0. The quantitative estimate of drug-likeness (QED) is 0.228. The fraction of sp³-hybridized carbons (Fsp3) is 0.318. The number of allylic oxidation sites excluding steroid dienone is 3. The molecule has 0 fully saturated rings. The first-order chi connectivity index (χ1) is 14.3. The van der Waals surface area contributed by atoms with Crippen LogP contribution in [0.2, 0.25) is 0 Å². The third-order valence-corrected chi connectivity index (χ3v) is 4.51. The van der Waals surface area contributed by atoms with Crippen molar-refractivity contribution in [1.29, 1.82) is 0 Å². The summed E-state index contributed by atoms with van der Waals surface area (Å²) in [6, 6.07) is 1.66. The number of ether oxygens (including phenoxy) is 3. The Hall–Kier alpha value is -3.55. The van der Waals surface area contributed by atoms with Gasteiger partial charge in [0.2, 0.25) is 0 Å². The lowest BCUT2D eigenvalue weighted by Crippen LogP contribution is -2.20. The average Bonchev–Trinajstić information content (AvgIpc) is 2.73. The third kappa shape index (κ3) is 4.53. The van der Waals surface area contributed by atoms with Gasteiger partial charge in [0, 0.05) is 17.6 Å². The monoisotopic (exact) mass is 414 g/mol. The Morgan fingerprint density at radius 3 is 2.17 bits per heavy atom. The molecule has 2 N–H and O–H groups in total. The van der Waals surface area contributed by atoms with E-state index in [1.54, 1.807) is 13.0 Å². The van der Waals surface area contributed by atoms with Crippen LogP contribution in [0.3, 0.4) is 0 Å². The molecule has 2 rings (SSSR count). The van der Waals surface area contributed by atoms with Crippen molar-refractivity contribution >= 4 is 17.4 Å². The number of hydrogen-bond donors (Lipinski definition) is 2. The standard InChI is InChI=1S/C22H26N2O6/c1-12(2)7-10-17(30-22(25)13(3)4)14-11-18(28-5)19-15(23-26)8-9-16(24-27)20(19)21(14)29-6/h7-9,11,17,26-27H,3,10H2,1-2,4-6H3/b23-15+,24-16+. The molecule has 1 unspecified atom stereocenters. The maximum Gasteiger partial charge on any atom is 0.333 e. The van der Waals surface area contributed by atoms with Crippen LogP contribution in [-0.2, 0) is 9.53 Å². The maximum atomic E-state index is 12.3. The number of rotatable bonds is 7. The zero-order valence-electron chi connectivity index (χ0n) is 17.7. The molecule has 1 atom stereocenters. The fourth-order valence-corrected chi connectivity index (χ4v) is 3.08. The van der Waals surface area contributed by atoms with E-state index in [0.717, 1.165) is 5.57 Å². The lowest BCUT2D eigenvalue weighted by Gasteiger charge is -2.26. The van der Waals surface area contributed by atoms with E-state index in [4.69, 9.17) is 14.2 Å². The summed E-state index contributed by atoms with van der Waals surface area (Å²) in [4.78, 5) is 12.3. The number of methoxy groups -OCH3 is 2. The number of oxime groups is 2. The van der Waals surface area contributed by atoms with Gasteiger partial charge in [0.25, 0.3) is 0 Å². The van der Waals surface area contributed by atoms with Gasteiger partial charge in [0.05, 0.1) is 25.3 Å². The van der Waals surface area contributed by atoms with Crippen LogP contribution >= 0.6 is 0 Å². The zero-order valence-corrected chi connectivity index (χ0v) is 17.7. The molecule has 1 aromatic rings. The number of hydrogen-bond acceptors (Lipinski definition) is 8. The highest BCUT2D eigenvalue weighted by atomic mass is 16.5. The Kier molecular flexibility index (Phi) is 7.41. The molecular formula is C22H26N2O6. The maximum absolute atomic E-state index is 12.3. The second kappa shape index (κ2) is 9.78. The average molecular weight is 414 g/mol. The molecule has 0 saturated carbocycles. The van der Waals surface area contributed by atoms with Gasteiger partial charge in [-0.2, -0.15) is 0 Å². The predicted molar refractivity (Wildman–Crippen MR) is 113 cm³/mol. The van der Waals surface area contributed by atoms with E-state index >= 15 is 0 Å². The van der Waals surface area contributed by atoms with Crippen molar-refractivity contribution in [3.8, 4) is 11.5 Å². The first kappa shape index (κ1) is 22.7. The highest BCUT2D eigenvalue weighted by Crippen LogP contribution is 2.42. The van der Waals surface area contributed by atoms with Gasteiger partial charge < -0.3 is 24.6 Å². The van der Waals surface area contributed by atoms with E-state index in [-0.39, 0.29) is 17.0 Å². The largest absolute Gasteiger partial charge is 0.496 e. The van der Waals surface area contributed by atoms with Gasteiger partial charge >= 0.3 is 5.97 Å². The van der Waals surface area contributed by atoms with E-state index < -0.39 is 12.1 Å². The van der Waals surface area contributed by atoms with Crippen LogP contribution in [0, 0.1) is 0 Å². The molecule has 0 radical (unpaired) electrons. The molecule has 30 heavy (non-hydrogen) atoms. The van der Waals surface area contributed by atoms with Crippen molar-refractivity contribution in [2.45, 2.75) is 33.3 Å². The Morgan fingerprint density at radius 1 is 1.10 bits per heavy atom. The summed E-state index contributed by atoms with van der Waals surface area (Å²) < 4.78 is 16.8. The van der Waals surface area contributed by atoms with Gasteiger partial charge in [-0.05, 0) is 39.0 Å². The van der Waals surface area contributed by atoms with E-state index in [1.165, 1.54) is 26.4 Å². The molecule has 160 valence electrons. The van der Waals surface area contributed by atoms with Crippen LogP contribution in [0.5, 0.6) is 11.5 Å². The summed E-state index contributed by atoms with van der Waals surface area (Å²) in [6.07, 6.45) is 4.55. The predicted octanol–water partition coefficient (Wildman–Crippen LogP) is 4.15. The van der Waals surface area contributed by atoms with Crippen molar-refractivity contribution < 1.29 is 29.4 Å². The summed E-state index contributed by atoms with van der Waals surface area (Å²) in [5, 5.41) is 25.6. The number of fused-ring (bicyclic) bond motifs is 1. The van der Waals surface area contributed by atoms with E-state index in [1.807, 2.05) is 19.9 Å². The van der Waals surface area contributed by atoms with Crippen LogP contribution in [-0.4, -0.2) is 42.0 Å². The summed E-state index contributed by atoms with van der Waals surface area (Å²) in [7, 11) is 2.91. The first-order valence-electron chi connectivity index (χ1n) is 9.20. The van der Waals surface area contributed by atoms with Gasteiger partial charge in [-0.25, -0.2) is 4.79 Å². The zero-order chi connectivity index (χ0) is 22.4. The van der Waals surface area contributed by atoms with Gasteiger partial charge in [-0.3, -0.25) is 0 Å². The minimum atomic E-state index is -0.724. The number of esters is 1. The highest BCUT2D eigenvalue weighted by molar-refractivity contribution is 6.27. The smallest absolute Gasteiger partial charge is 0.333 e.